The maximum Gasteiger partial charge on any atom is 0.354 e. The van der Waals surface area contributed by atoms with Crippen molar-refractivity contribution in [1.82, 2.24) is 4.57 Å². The Morgan fingerprint density at radius 1 is 1.10 bits per heavy atom. The van der Waals surface area contributed by atoms with E-state index in [1.807, 2.05) is 4.57 Å². The second-order valence-corrected chi connectivity index (χ2v) is 14.4. The highest BCUT2D eigenvalue weighted by Gasteiger charge is 2.44. The number of carbonyl (C=O) groups excluding carboxylic acids is 1. The first-order valence-electron chi connectivity index (χ1n) is 11.1. The summed E-state index contributed by atoms with van der Waals surface area (Å²) in [7, 11) is -1.95. The Bertz CT molecular complexity index is 898. The van der Waals surface area contributed by atoms with E-state index >= 15 is 0 Å². The number of non-ortho nitro benzene ring substituents is 1. The van der Waals surface area contributed by atoms with Gasteiger partial charge in [0.1, 0.15) is 5.69 Å². The third kappa shape index (κ3) is 5.18. The molecule has 0 saturated heterocycles. The molecule has 8 heteroatoms. The van der Waals surface area contributed by atoms with E-state index in [0.717, 1.165) is 11.9 Å². The number of nitro benzene ring substituents is 1. The average Bonchev–Trinajstić information content (AvgIpc) is 3.05. The molecule has 0 fully saturated rings. The second-order valence-electron chi connectivity index (χ2n) is 8.92. The number of aromatic nitrogens is 1. The maximum atomic E-state index is 12.5. The fourth-order valence-corrected chi connectivity index (χ4v) is 10.5. The van der Waals surface area contributed by atoms with Crippen LogP contribution >= 0.6 is 0 Å². The number of nitro groups is 1. The van der Waals surface area contributed by atoms with E-state index in [0.29, 0.717) is 40.9 Å². The number of carbonyl (C=O) groups is 1. The highest BCUT2D eigenvalue weighted by Crippen LogP contribution is 2.42. The largest absolute Gasteiger partial charge is 0.461 e. The molecule has 1 aromatic heterocycles. The molecule has 2 aromatic rings. The predicted octanol–water partition coefficient (Wildman–Crippen LogP) is 6.31. The lowest BCUT2D eigenvalue weighted by Crippen LogP contribution is -2.48. The molecule has 1 heterocycles. The van der Waals surface area contributed by atoms with E-state index in [2.05, 4.69) is 41.5 Å². The number of hydrogen-bond donors (Lipinski definition) is 0. The first kappa shape index (κ1) is 25.1. The Morgan fingerprint density at radius 2 is 1.71 bits per heavy atom. The van der Waals surface area contributed by atoms with Crippen LogP contribution in [0.4, 0.5) is 5.69 Å². The summed E-state index contributed by atoms with van der Waals surface area (Å²) in [5, 5.41) is 11.8. The lowest BCUT2D eigenvalue weighted by molar-refractivity contribution is -0.384. The summed E-state index contributed by atoms with van der Waals surface area (Å²) < 4.78 is 13.7. The van der Waals surface area contributed by atoms with Gasteiger partial charge in [0.25, 0.3) is 5.69 Å². The molecule has 0 spiro atoms. The van der Waals surface area contributed by atoms with Gasteiger partial charge in [-0.05, 0) is 42.1 Å². The van der Waals surface area contributed by atoms with E-state index in [4.69, 9.17) is 9.16 Å². The van der Waals surface area contributed by atoms with Crippen LogP contribution in [0.1, 0.15) is 65.4 Å². The van der Waals surface area contributed by atoms with Crippen LogP contribution in [0.15, 0.2) is 24.3 Å². The first-order valence-corrected chi connectivity index (χ1v) is 13.3. The number of aryl methyl sites for hydroxylation is 1. The summed E-state index contributed by atoms with van der Waals surface area (Å²) in [5.41, 5.74) is 2.73. The maximum absolute atomic E-state index is 12.5. The van der Waals surface area contributed by atoms with Gasteiger partial charge in [0, 0.05) is 36.2 Å². The standard InChI is InChI=1S/C23H36N2O5Si/c1-8-29-23(26)22-15-19-14-20(25(27)28)10-11-21(19)24(22)12-9-13-30-31(16(2)3,17(4)5)18(6)7/h10-11,14-18H,8-9,12-13H2,1-7H3. The summed E-state index contributed by atoms with van der Waals surface area (Å²) in [6, 6.07) is 6.35. The lowest BCUT2D eigenvalue weighted by atomic mass is 10.2. The molecule has 0 aliphatic rings. The fourth-order valence-electron chi connectivity index (χ4n) is 4.96. The zero-order chi connectivity index (χ0) is 23.3. The topological polar surface area (TPSA) is 83.6 Å². The van der Waals surface area contributed by atoms with E-state index < -0.39 is 19.2 Å². The summed E-state index contributed by atoms with van der Waals surface area (Å²) >= 11 is 0. The molecule has 0 amide bonds. The van der Waals surface area contributed by atoms with Crippen molar-refractivity contribution in [1.29, 1.82) is 0 Å². The number of nitrogens with zero attached hydrogens (tertiary/aromatic N) is 2. The monoisotopic (exact) mass is 448 g/mol. The van der Waals surface area contributed by atoms with Crippen molar-refractivity contribution in [2.24, 2.45) is 0 Å². The van der Waals surface area contributed by atoms with Gasteiger partial charge in [-0.25, -0.2) is 4.79 Å². The SMILES string of the molecule is CCOC(=O)c1cc2cc([N+](=O)[O-])ccc2n1CCCO[Si](C(C)C)(C(C)C)C(C)C. The normalized spacial score (nSPS) is 12.3. The third-order valence-corrected chi connectivity index (χ3v) is 12.3. The van der Waals surface area contributed by atoms with Gasteiger partial charge < -0.3 is 13.7 Å². The van der Waals surface area contributed by atoms with Gasteiger partial charge in [-0.2, -0.15) is 0 Å². The minimum absolute atomic E-state index is 0.00461. The van der Waals surface area contributed by atoms with Gasteiger partial charge in [0.2, 0.25) is 0 Å². The number of esters is 1. The van der Waals surface area contributed by atoms with Gasteiger partial charge in [-0.3, -0.25) is 10.1 Å². The highest BCUT2D eigenvalue weighted by atomic mass is 28.4. The number of rotatable bonds is 11. The Morgan fingerprint density at radius 3 is 2.23 bits per heavy atom. The van der Waals surface area contributed by atoms with Crippen LogP contribution in [-0.2, 0) is 15.7 Å². The van der Waals surface area contributed by atoms with E-state index in [-0.39, 0.29) is 12.3 Å². The van der Waals surface area contributed by atoms with Crippen molar-refractivity contribution in [3.05, 3.63) is 40.1 Å². The summed E-state index contributed by atoms with van der Waals surface area (Å²) in [6.45, 7) is 16.8. The van der Waals surface area contributed by atoms with Gasteiger partial charge in [0.05, 0.1) is 11.5 Å². The molecule has 0 aliphatic carbocycles. The van der Waals surface area contributed by atoms with Crippen molar-refractivity contribution in [3.63, 3.8) is 0 Å². The summed E-state index contributed by atoms with van der Waals surface area (Å²) in [4.78, 5) is 23.2. The minimum Gasteiger partial charge on any atom is -0.461 e. The Kier molecular flexibility index (Phi) is 8.42. The Labute approximate surface area is 186 Å². The molecule has 0 atom stereocenters. The van der Waals surface area contributed by atoms with Crippen LogP contribution in [0.5, 0.6) is 0 Å². The molecule has 1 aromatic carbocycles. The molecule has 0 radical (unpaired) electrons. The lowest BCUT2D eigenvalue weighted by Gasteiger charge is -2.42. The smallest absolute Gasteiger partial charge is 0.354 e. The third-order valence-electron chi connectivity index (χ3n) is 6.17. The van der Waals surface area contributed by atoms with Crippen molar-refractivity contribution in [2.45, 2.75) is 78.1 Å². The van der Waals surface area contributed by atoms with E-state index in [9.17, 15) is 14.9 Å². The number of benzene rings is 1. The van der Waals surface area contributed by atoms with Crippen LogP contribution < -0.4 is 0 Å². The van der Waals surface area contributed by atoms with E-state index in [1.165, 1.54) is 12.1 Å². The molecule has 0 N–H and O–H groups in total. The molecule has 0 unspecified atom stereocenters. The van der Waals surface area contributed by atoms with Crippen LogP contribution in [0.2, 0.25) is 16.6 Å². The molecular weight excluding hydrogens is 412 g/mol. The molecule has 2 rings (SSSR count). The average molecular weight is 449 g/mol. The van der Waals surface area contributed by atoms with Crippen LogP contribution in [-0.4, -0.2) is 37.0 Å². The highest BCUT2D eigenvalue weighted by molar-refractivity contribution is 6.77. The predicted molar refractivity (Wildman–Crippen MR) is 126 cm³/mol. The fraction of sp³-hybridized carbons (Fsp3) is 0.609. The van der Waals surface area contributed by atoms with Gasteiger partial charge in [-0.1, -0.05) is 41.5 Å². The summed E-state index contributed by atoms with van der Waals surface area (Å²) in [6.07, 6.45) is 0.744. The summed E-state index contributed by atoms with van der Waals surface area (Å²) in [5.74, 6) is -0.419. The molecule has 172 valence electrons. The molecule has 0 aliphatic heterocycles. The van der Waals surface area contributed by atoms with Gasteiger partial charge in [-0.15, -0.1) is 0 Å². The Hall–Kier alpha value is -2.19. The van der Waals surface area contributed by atoms with E-state index in [1.54, 1.807) is 19.1 Å². The second kappa shape index (κ2) is 10.4. The number of ether oxygens (including phenoxy) is 1. The van der Waals surface area contributed by atoms with Gasteiger partial charge >= 0.3 is 5.97 Å². The van der Waals surface area contributed by atoms with Gasteiger partial charge in [0.15, 0.2) is 8.32 Å². The zero-order valence-corrected chi connectivity index (χ0v) is 20.8. The van der Waals surface area contributed by atoms with Crippen molar-refractivity contribution in [2.75, 3.05) is 13.2 Å². The molecule has 31 heavy (non-hydrogen) atoms. The minimum atomic E-state index is -1.95. The number of hydrogen-bond acceptors (Lipinski definition) is 5. The zero-order valence-electron chi connectivity index (χ0n) is 19.8. The molecule has 7 nitrogen and oxygen atoms in total. The molecule has 0 saturated carbocycles. The number of fused-ring (bicyclic) bond motifs is 1. The quantitative estimate of drug-likeness (QED) is 0.132. The van der Waals surface area contributed by atoms with Crippen molar-refractivity contribution < 1.29 is 18.9 Å². The van der Waals surface area contributed by atoms with Crippen LogP contribution in [0.25, 0.3) is 10.9 Å². The van der Waals surface area contributed by atoms with Crippen LogP contribution in [0, 0.1) is 10.1 Å². The van der Waals surface area contributed by atoms with Crippen molar-refractivity contribution in [3.8, 4) is 0 Å². The van der Waals surface area contributed by atoms with Crippen molar-refractivity contribution >= 4 is 30.9 Å². The first-order chi connectivity index (χ1) is 14.6. The van der Waals surface area contributed by atoms with Crippen LogP contribution in [0.3, 0.4) is 0 Å². The molecule has 0 bridgehead atoms. The molecular formula is C23H36N2O5Si. The Balaban J connectivity index is 2.28.